The zero-order valence-corrected chi connectivity index (χ0v) is 12.3. The molecule has 3 N–H and O–H groups in total. The third kappa shape index (κ3) is 4.30. The summed E-state index contributed by atoms with van der Waals surface area (Å²) in [6.07, 6.45) is 1.37. The number of nitrogens with one attached hydrogen (secondary N) is 3. The summed E-state index contributed by atoms with van der Waals surface area (Å²) in [6.45, 7) is 1.41. The molecule has 0 aliphatic carbocycles. The lowest BCUT2D eigenvalue weighted by atomic mass is 10.0. The fraction of sp³-hybridized carbons (Fsp3) is 0.286. The Hall–Kier alpha value is -2.90. The molecule has 0 saturated carbocycles. The van der Waals surface area contributed by atoms with Gasteiger partial charge in [0.25, 0.3) is 0 Å². The second-order valence-corrected chi connectivity index (χ2v) is 4.61. The molecule has 0 spiro atoms. The van der Waals surface area contributed by atoms with Gasteiger partial charge >= 0.3 is 0 Å². The molecule has 1 atom stereocenters. The van der Waals surface area contributed by atoms with Gasteiger partial charge < -0.3 is 10.1 Å². The van der Waals surface area contributed by atoms with Gasteiger partial charge in [0, 0.05) is 6.92 Å². The van der Waals surface area contributed by atoms with Crippen LogP contribution in [0, 0.1) is 0 Å². The van der Waals surface area contributed by atoms with Crippen LogP contribution in [0.3, 0.4) is 0 Å². The van der Waals surface area contributed by atoms with Crippen molar-refractivity contribution in [1.82, 2.24) is 20.5 Å². The van der Waals surface area contributed by atoms with Crippen LogP contribution in [-0.4, -0.2) is 34.1 Å². The number of amides is 2. The number of rotatable bonds is 6. The molecule has 8 heteroatoms. The molecule has 1 heterocycles. The SMILES string of the molecule is COc1ccc([C@@H](CC(=O)Nc2ncn[nH]2)NC(C)=O)cc1. The summed E-state index contributed by atoms with van der Waals surface area (Å²) in [5, 5.41) is 11.5. The molecule has 116 valence electrons. The molecule has 0 aliphatic heterocycles. The Labute approximate surface area is 127 Å². The van der Waals surface area contributed by atoms with Crippen LogP contribution in [0.15, 0.2) is 30.6 Å². The first-order valence-electron chi connectivity index (χ1n) is 6.64. The van der Waals surface area contributed by atoms with Gasteiger partial charge in [-0.25, -0.2) is 5.10 Å². The van der Waals surface area contributed by atoms with Gasteiger partial charge in [0.15, 0.2) is 0 Å². The molecule has 1 aromatic carbocycles. The van der Waals surface area contributed by atoms with E-state index in [1.165, 1.54) is 13.3 Å². The van der Waals surface area contributed by atoms with Gasteiger partial charge in [-0.1, -0.05) is 12.1 Å². The average molecular weight is 303 g/mol. The summed E-state index contributed by atoms with van der Waals surface area (Å²) in [6, 6.07) is 6.73. The largest absolute Gasteiger partial charge is 0.497 e. The Morgan fingerprint density at radius 1 is 1.32 bits per heavy atom. The van der Waals surface area contributed by atoms with Crippen LogP contribution in [0.5, 0.6) is 5.75 Å². The number of hydrogen-bond donors (Lipinski definition) is 3. The molecule has 0 saturated heterocycles. The highest BCUT2D eigenvalue weighted by Crippen LogP contribution is 2.20. The van der Waals surface area contributed by atoms with E-state index in [0.29, 0.717) is 5.75 Å². The number of nitrogens with zero attached hydrogens (tertiary/aromatic N) is 2. The fourth-order valence-corrected chi connectivity index (χ4v) is 1.97. The molecular weight excluding hydrogens is 286 g/mol. The molecule has 22 heavy (non-hydrogen) atoms. The molecule has 8 nitrogen and oxygen atoms in total. The van der Waals surface area contributed by atoms with Gasteiger partial charge in [-0.15, -0.1) is 0 Å². The van der Waals surface area contributed by atoms with Crippen LogP contribution in [0.2, 0.25) is 0 Å². The molecule has 0 radical (unpaired) electrons. The Balaban J connectivity index is 2.07. The maximum atomic E-state index is 12.0. The Bertz CT molecular complexity index is 624. The van der Waals surface area contributed by atoms with Gasteiger partial charge in [0.05, 0.1) is 19.6 Å². The van der Waals surface area contributed by atoms with E-state index < -0.39 is 6.04 Å². The molecular formula is C14H17N5O3. The topological polar surface area (TPSA) is 109 Å². The standard InChI is InChI=1S/C14H17N5O3/c1-9(20)17-12(10-3-5-11(22-2)6-4-10)7-13(21)18-14-15-8-16-19-14/h3-6,8,12H,7H2,1-2H3,(H,17,20)(H2,15,16,18,19,21)/t12-/m1/s1. The third-order valence-corrected chi connectivity index (χ3v) is 2.96. The number of carbonyl (C=O) groups excluding carboxylic acids is 2. The number of aromatic nitrogens is 3. The highest BCUT2D eigenvalue weighted by atomic mass is 16.5. The van der Waals surface area contributed by atoms with Crippen LogP contribution >= 0.6 is 0 Å². The van der Waals surface area contributed by atoms with Gasteiger partial charge in [0.1, 0.15) is 12.1 Å². The first-order chi connectivity index (χ1) is 10.6. The van der Waals surface area contributed by atoms with E-state index in [9.17, 15) is 9.59 Å². The van der Waals surface area contributed by atoms with E-state index >= 15 is 0 Å². The molecule has 1 aromatic heterocycles. The van der Waals surface area contributed by atoms with Crippen molar-refractivity contribution in [2.24, 2.45) is 0 Å². The van der Waals surface area contributed by atoms with E-state index in [1.807, 2.05) is 0 Å². The van der Waals surface area contributed by atoms with Crippen LogP contribution in [0.4, 0.5) is 5.95 Å². The maximum Gasteiger partial charge on any atom is 0.229 e. The summed E-state index contributed by atoms with van der Waals surface area (Å²) < 4.78 is 5.10. The number of H-pyrrole nitrogens is 1. The van der Waals surface area contributed by atoms with Crippen molar-refractivity contribution in [1.29, 1.82) is 0 Å². The minimum atomic E-state index is -0.439. The Kier molecular flexibility index (Phi) is 5.07. The summed E-state index contributed by atoms with van der Waals surface area (Å²) >= 11 is 0. The second-order valence-electron chi connectivity index (χ2n) is 4.61. The highest BCUT2D eigenvalue weighted by Gasteiger charge is 2.18. The van der Waals surface area contributed by atoms with Crippen LogP contribution in [0.1, 0.15) is 24.9 Å². The summed E-state index contributed by atoms with van der Waals surface area (Å²) in [4.78, 5) is 27.2. The molecule has 0 aliphatic rings. The van der Waals surface area contributed by atoms with Gasteiger partial charge in [0.2, 0.25) is 17.8 Å². The smallest absolute Gasteiger partial charge is 0.229 e. The lowest BCUT2D eigenvalue weighted by Gasteiger charge is -2.18. The normalized spacial score (nSPS) is 11.5. The van der Waals surface area contributed by atoms with Gasteiger partial charge in [-0.3, -0.25) is 14.9 Å². The minimum absolute atomic E-state index is 0.0760. The van der Waals surface area contributed by atoms with Crippen molar-refractivity contribution in [3.05, 3.63) is 36.2 Å². The summed E-state index contributed by atoms with van der Waals surface area (Å²) in [7, 11) is 1.57. The van der Waals surface area contributed by atoms with Crippen LogP contribution in [-0.2, 0) is 9.59 Å². The maximum absolute atomic E-state index is 12.0. The lowest BCUT2D eigenvalue weighted by Crippen LogP contribution is -2.29. The first kappa shape index (κ1) is 15.5. The van der Waals surface area contributed by atoms with E-state index in [4.69, 9.17) is 4.74 Å². The molecule has 2 amide bonds. The quantitative estimate of drug-likeness (QED) is 0.738. The van der Waals surface area contributed by atoms with Gasteiger partial charge in [-0.05, 0) is 17.7 Å². The number of benzene rings is 1. The van der Waals surface area contributed by atoms with Crippen molar-refractivity contribution in [2.75, 3.05) is 12.4 Å². The van der Waals surface area contributed by atoms with E-state index in [-0.39, 0.29) is 24.2 Å². The predicted molar refractivity (Wildman–Crippen MR) is 79.2 cm³/mol. The first-order valence-corrected chi connectivity index (χ1v) is 6.64. The zero-order valence-electron chi connectivity index (χ0n) is 12.3. The predicted octanol–water partition coefficient (Wildman–Crippen LogP) is 1.02. The van der Waals surface area contributed by atoms with Crippen LogP contribution < -0.4 is 15.4 Å². The minimum Gasteiger partial charge on any atom is -0.497 e. The van der Waals surface area contributed by atoms with Crippen molar-refractivity contribution in [3.8, 4) is 5.75 Å². The number of ether oxygens (including phenoxy) is 1. The Morgan fingerprint density at radius 3 is 2.59 bits per heavy atom. The Morgan fingerprint density at radius 2 is 2.05 bits per heavy atom. The van der Waals surface area contributed by atoms with Gasteiger partial charge in [-0.2, -0.15) is 10.1 Å². The van der Waals surface area contributed by atoms with Crippen molar-refractivity contribution >= 4 is 17.8 Å². The summed E-state index contributed by atoms with van der Waals surface area (Å²) in [5.74, 6) is 0.470. The number of anilines is 1. The van der Waals surface area contributed by atoms with Crippen molar-refractivity contribution in [2.45, 2.75) is 19.4 Å². The van der Waals surface area contributed by atoms with E-state index in [0.717, 1.165) is 5.56 Å². The average Bonchev–Trinajstić information content (AvgIpc) is 2.99. The number of hydrogen-bond acceptors (Lipinski definition) is 5. The molecule has 2 aromatic rings. The second kappa shape index (κ2) is 7.21. The van der Waals surface area contributed by atoms with Crippen molar-refractivity contribution < 1.29 is 14.3 Å². The third-order valence-electron chi connectivity index (χ3n) is 2.96. The monoisotopic (exact) mass is 303 g/mol. The molecule has 2 rings (SSSR count). The number of methoxy groups -OCH3 is 1. The van der Waals surface area contributed by atoms with Crippen LogP contribution in [0.25, 0.3) is 0 Å². The zero-order chi connectivity index (χ0) is 15.9. The fourth-order valence-electron chi connectivity index (χ4n) is 1.97. The highest BCUT2D eigenvalue weighted by molar-refractivity contribution is 5.89. The number of aromatic amines is 1. The molecule has 0 bridgehead atoms. The lowest BCUT2D eigenvalue weighted by molar-refractivity contribution is -0.120. The molecule has 0 unspecified atom stereocenters. The summed E-state index contributed by atoms with van der Waals surface area (Å²) in [5.41, 5.74) is 0.809. The van der Waals surface area contributed by atoms with Crippen molar-refractivity contribution in [3.63, 3.8) is 0 Å². The molecule has 0 fully saturated rings. The van der Waals surface area contributed by atoms with E-state index in [2.05, 4.69) is 25.8 Å². The van der Waals surface area contributed by atoms with E-state index in [1.54, 1.807) is 31.4 Å². The number of carbonyl (C=O) groups is 2.